The lowest BCUT2D eigenvalue weighted by atomic mass is 9.81. The number of thiophene rings is 1. The first kappa shape index (κ1) is 25.9. The Balaban J connectivity index is 1.52. The van der Waals surface area contributed by atoms with Crippen LogP contribution in [0.4, 0.5) is 10.2 Å². The van der Waals surface area contributed by atoms with Crippen LogP contribution in [0.25, 0.3) is 10.4 Å². The quantitative estimate of drug-likeness (QED) is 0.328. The second kappa shape index (κ2) is 12.2. The highest BCUT2D eigenvalue weighted by Crippen LogP contribution is 2.42. The molecule has 5 nitrogen and oxygen atoms in total. The van der Waals surface area contributed by atoms with Crippen LogP contribution in [0.1, 0.15) is 65.4 Å². The van der Waals surface area contributed by atoms with E-state index in [-0.39, 0.29) is 24.9 Å². The van der Waals surface area contributed by atoms with Crippen LogP contribution in [-0.4, -0.2) is 30.4 Å². The van der Waals surface area contributed by atoms with E-state index in [1.54, 1.807) is 19.2 Å². The van der Waals surface area contributed by atoms with E-state index in [1.165, 1.54) is 57.9 Å². The van der Waals surface area contributed by atoms with E-state index in [2.05, 4.69) is 47.5 Å². The summed E-state index contributed by atoms with van der Waals surface area (Å²) in [4.78, 5) is 30.9. The van der Waals surface area contributed by atoms with Crippen molar-refractivity contribution in [3.8, 4) is 10.4 Å². The van der Waals surface area contributed by atoms with Crippen LogP contribution in [0.15, 0.2) is 60.7 Å². The third kappa shape index (κ3) is 6.32. The van der Waals surface area contributed by atoms with Crippen molar-refractivity contribution in [1.82, 2.24) is 4.90 Å². The maximum Gasteiger partial charge on any atom is 0.350 e. The second-order valence-electron chi connectivity index (χ2n) is 9.51. The molecule has 1 aliphatic rings. The molecule has 1 N–H and O–H groups in total. The number of amides is 1. The van der Waals surface area contributed by atoms with Gasteiger partial charge in [-0.2, -0.15) is 0 Å². The number of carbonyl (C=O) groups is 2. The van der Waals surface area contributed by atoms with E-state index in [1.807, 2.05) is 29.5 Å². The van der Waals surface area contributed by atoms with Crippen molar-refractivity contribution in [2.45, 2.75) is 51.5 Å². The molecule has 3 aromatic rings. The Bertz CT molecular complexity index is 1160. The Morgan fingerprint density at radius 3 is 2.44 bits per heavy atom. The molecule has 1 aromatic heterocycles. The minimum atomic E-state index is -0.984. The lowest BCUT2D eigenvalue weighted by Crippen LogP contribution is -2.29. The SMILES string of the molecule is Cc1sc(-c2ccccc2)cc1C(Nc1ccc(C(=O)N(C)CCC(=O)OF)cc1)C1CCCCC1. The molecule has 1 fully saturated rings. The maximum atomic E-state index is 12.7. The average Bonchev–Trinajstić information content (AvgIpc) is 3.32. The molecule has 36 heavy (non-hydrogen) atoms. The van der Waals surface area contributed by atoms with Gasteiger partial charge in [0.15, 0.2) is 0 Å². The highest BCUT2D eigenvalue weighted by Gasteiger charge is 2.28. The van der Waals surface area contributed by atoms with Gasteiger partial charge in [0.2, 0.25) is 0 Å². The van der Waals surface area contributed by atoms with E-state index in [9.17, 15) is 14.1 Å². The molecular formula is C29H33FN2O3S. The molecule has 0 aliphatic heterocycles. The number of rotatable bonds is 9. The normalized spacial score (nSPS) is 14.8. The predicted molar refractivity (Wildman–Crippen MR) is 143 cm³/mol. The highest BCUT2D eigenvalue weighted by atomic mass is 32.1. The van der Waals surface area contributed by atoms with Gasteiger partial charge in [0.1, 0.15) is 0 Å². The minimum Gasteiger partial charge on any atom is -0.378 e. The lowest BCUT2D eigenvalue weighted by molar-refractivity contribution is -0.183. The van der Waals surface area contributed by atoms with Gasteiger partial charge >= 0.3 is 5.97 Å². The number of nitrogens with one attached hydrogen (secondary N) is 1. The zero-order valence-corrected chi connectivity index (χ0v) is 21.7. The molecule has 1 unspecified atom stereocenters. The Morgan fingerprint density at radius 1 is 1.08 bits per heavy atom. The average molecular weight is 509 g/mol. The third-order valence-electron chi connectivity index (χ3n) is 7.01. The molecule has 2 aromatic carbocycles. The van der Waals surface area contributed by atoms with Crippen molar-refractivity contribution < 1.29 is 19.1 Å². The Kier molecular flexibility index (Phi) is 8.75. The van der Waals surface area contributed by atoms with Crippen molar-refractivity contribution in [2.24, 2.45) is 5.92 Å². The largest absolute Gasteiger partial charge is 0.378 e. The number of carbonyl (C=O) groups excluding carboxylic acids is 2. The van der Waals surface area contributed by atoms with Crippen LogP contribution >= 0.6 is 11.3 Å². The summed E-state index contributed by atoms with van der Waals surface area (Å²) in [6.45, 7) is 2.30. The summed E-state index contributed by atoms with van der Waals surface area (Å²) in [6, 6.07) is 20.5. The zero-order chi connectivity index (χ0) is 25.5. The van der Waals surface area contributed by atoms with Gasteiger partial charge in [-0.15, -0.1) is 11.3 Å². The van der Waals surface area contributed by atoms with E-state index in [4.69, 9.17) is 0 Å². The van der Waals surface area contributed by atoms with E-state index >= 15 is 0 Å². The Hall–Kier alpha value is -3.19. The molecule has 0 saturated heterocycles. The van der Waals surface area contributed by atoms with Crippen LogP contribution in [0, 0.1) is 12.8 Å². The highest BCUT2D eigenvalue weighted by molar-refractivity contribution is 7.15. The molecular weight excluding hydrogens is 475 g/mol. The second-order valence-corrected chi connectivity index (χ2v) is 10.8. The molecule has 7 heteroatoms. The number of aryl methyl sites for hydroxylation is 1. The number of hydrogen-bond acceptors (Lipinski definition) is 5. The lowest BCUT2D eigenvalue weighted by Gasteiger charge is -2.32. The van der Waals surface area contributed by atoms with Crippen molar-refractivity contribution in [1.29, 1.82) is 0 Å². The van der Waals surface area contributed by atoms with Crippen molar-refractivity contribution in [2.75, 3.05) is 18.9 Å². The number of halogens is 1. The summed E-state index contributed by atoms with van der Waals surface area (Å²) in [5.41, 5.74) is 4.08. The smallest absolute Gasteiger partial charge is 0.350 e. The number of anilines is 1. The van der Waals surface area contributed by atoms with E-state index < -0.39 is 5.97 Å². The van der Waals surface area contributed by atoms with Gasteiger partial charge in [-0.3, -0.25) is 9.74 Å². The number of benzene rings is 2. The minimum absolute atomic E-state index is 0.0898. The Labute approximate surface area is 216 Å². The van der Waals surface area contributed by atoms with Gasteiger partial charge in [0.25, 0.3) is 5.91 Å². The summed E-state index contributed by atoms with van der Waals surface area (Å²) >= 11 is 1.84. The van der Waals surface area contributed by atoms with Crippen LogP contribution in [0.2, 0.25) is 0 Å². The Morgan fingerprint density at radius 2 is 1.78 bits per heavy atom. The van der Waals surface area contributed by atoms with Crippen LogP contribution in [0.3, 0.4) is 0 Å². The molecule has 1 amide bonds. The predicted octanol–water partition coefficient (Wildman–Crippen LogP) is 7.35. The summed E-state index contributed by atoms with van der Waals surface area (Å²) in [7, 11) is 1.59. The summed E-state index contributed by atoms with van der Waals surface area (Å²) in [6.07, 6.45) is 6.04. The molecule has 190 valence electrons. The first-order valence-electron chi connectivity index (χ1n) is 12.6. The molecule has 1 aliphatic carbocycles. The van der Waals surface area contributed by atoms with Gasteiger partial charge < -0.3 is 10.2 Å². The van der Waals surface area contributed by atoms with Crippen molar-refractivity contribution in [3.63, 3.8) is 0 Å². The maximum absolute atomic E-state index is 12.7. The monoisotopic (exact) mass is 508 g/mol. The topological polar surface area (TPSA) is 58.6 Å². The third-order valence-corrected chi connectivity index (χ3v) is 8.12. The van der Waals surface area contributed by atoms with Gasteiger partial charge in [0, 0.05) is 39.1 Å². The van der Waals surface area contributed by atoms with Crippen molar-refractivity contribution in [3.05, 3.63) is 76.7 Å². The standard InChI is InChI=1S/C29H33FN2O3S/c1-20-25(19-26(36-20)21-9-5-3-6-10-21)28(22-11-7-4-8-12-22)31-24-15-13-23(14-16-24)29(34)32(2)18-17-27(33)35-30/h3,5-6,9-10,13-16,19,22,28,31H,4,7-8,11-12,17-18H2,1-2H3. The van der Waals surface area contributed by atoms with Crippen molar-refractivity contribution >= 4 is 28.9 Å². The number of hydrogen-bond donors (Lipinski definition) is 1. The van der Waals surface area contributed by atoms with Gasteiger partial charge in [-0.1, -0.05) is 49.6 Å². The number of nitrogens with zero attached hydrogens (tertiary/aromatic N) is 1. The van der Waals surface area contributed by atoms with Gasteiger partial charge in [0.05, 0.1) is 12.5 Å². The molecule has 4 rings (SSSR count). The van der Waals surface area contributed by atoms with Gasteiger partial charge in [-0.05, 0) is 67.1 Å². The molecule has 1 saturated carbocycles. The summed E-state index contributed by atoms with van der Waals surface area (Å²) in [5, 5.41) is 3.79. The molecule has 1 atom stereocenters. The fourth-order valence-corrected chi connectivity index (χ4v) is 6.05. The van der Waals surface area contributed by atoms with Crippen LogP contribution in [-0.2, 0) is 9.74 Å². The molecule has 0 radical (unpaired) electrons. The fraction of sp³-hybridized carbons (Fsp3) is 0.379. The molecule has 0 bridgehead atoms. The zero-order valence-electron chi connectivity index (χ0n) is 20.8. The first-order chi connectivity index (χ1) is 17.5. The molecule has 0 spiro atoms. The first-order valence-corrected chi connectivity index (χ1v) is 13.4. The van der Waals surface area contributed by atoms with Crippen LogP contribution in [0.5, 0.6) is 0 Å². The summed E-state index contributed by atoms with van der Waals surface area (Å²) in [5.74, 6) is -0.654. The van der Waals surface area contributed by atoms with Crippen LogP contribution < -0.4 is 5.32 Å². The molecule has 1 heterocycles. The van der Waals surface area contributed by atoms with E-state index in [0.29, 0.717) is 11.5 Å². The summed E-state index contributed by atoms with van der Waals surface area (Å²) < 4.78 is 11.9. The van der Waals surface area contributed by atoms with Gasteiger partial charge in [-0.25, -0.2) is 4.79 Å². The fourth-order valence-electron chi connectivity index (χ4n) is 4.97. The van der Waals surface area contributed by atoms with E-state index in [0.717, 1.165) is 5.69 Å².